The van der Waals surface area contributed by atoms with Crippen LogP contribution < -0.4 is 10.1 Å². The second-order valence-corrected chi connectivity index (χ2v) is 4.16. The topological polar surface area (TPSA) is 56.8 Å². The van der Waals surface area contributed by atoms with Gasteiger partial charge in [-0.25, -0.2) is 4.79 Å². The Kier molecular flexibility index (Phi) is 7.25. The molecule has 0 aliphatic carbocycles. The predicted octanol–water partition coefficient (Wildman–Crippen LogP) is 1.63. The summed E-state index contributed by atoms with van der Waals surface area (Å²) in [5, 5.41) is 3.77. The highest BCUT2D eigenvalue weighted by atomic mass is 35.5. The van der Waals surface area contributed by atoms with E-state index >= 15 is 0 Å². The van der Waals surface area contributed by atoms with Crippen molar-refractivity contribution in [3.63, 3.8) is 0 Å². The lowest BCUT2D eigenvalue weighted by Gasteiger charge is -2.13. The molecule has 1 rings (SSSR count). The van der Waals surface area contributed by atoms with Gasteiger partial charge in [-0.2, -0.15) is 0 Å². The van der Waals surface area contributed by atoms with Crippen molar-refractivity contribution in [2.45, 2.75) is 6.54 Å². The van der Waals surface area contributed by atoms with Crippen LogP contribution in [0.5, 0.6) is 5.75 Å². The number of halogens is 1. The monoisotopic (exact) mass is 287 g/mol. The molecule has 0 aliphatic rings. The maximum atomic E-state index is 11.1. The van der Waals surface area contributed by atoms with E-state index in [9.17, 15) is 4.79 Å². The molecule has 0 aromatic heterocycles. The molecule has 0 unspecified atom stereocenters. The van der Waals surface area contributed by atoms with Crippen LogP contribution in [-0.4, -0.2) is 39.9 Å². The zero-order valence-electron chi connectivity index (χ0n) is 11.1. The summed E-state index contributed by atoms with van der Waals surface area (Å²) >= 11 is 6.12. The number of methoxy groups -OCH3 is 2. The molecule has 0 saturated carbocycles. The standard InChI is InChI=1S/C13H18ClNO4/c1-17-7-6-15-8-10-11(14)4-3-5-12(10)19-9-13(16)18-2/h3-5,15H,6-9H2,1-2H3. The van der Waals surface area contributed by atoms with Crippen molar-refractivity contribution < 1.29 is 19.0 Å². The van der Waals surface area contributed by atoms with Gasteiger partial charge in [-0.3, -0.25) is 0 Å². The van der Waals surface area contributed by atoms with Gasteiger partial charge >= 0.3 is 5.97 Å². The predicted molar refractivity (Wildman–Crippen MR) is 72.5 cm³/mol. The summed E-state index contributed by atoms with van der Waals surface area (Å²) in [6.07, 6.45) is 0. The van der Waals surface area contributed by atoms with Crippen molar-refractivity contribution in [2.75, 3.05) is 34.0 Å². The molecule has 1 aromatic rings. The van der Waals surface area contributed by atoms with E-state index in [2.05, 4.69) is 10.1 Å². The third kappa shape index (κ3) is 5.46. The molecule has 0 heterocycles. The fourth-order valence-electron chi connectivity index (χ4n) is 1.43. The van der Waals surface area contributed by atoms with Gasteiger partial charge < -0.3 is 19.5 Å². The first kappa shape index (κ1) is 15.8. The van der Waals surface area contributed by atoms with E-state index in [-0.39, 0.29) is 6.61 Å². The average molecular weight is 288 g/mol. The SMILES string of the molecule is COCCNCc1c(Cl)cccc1OCC(=O)OC. The summed E-state index contributed by atoms with van der Waals surface area (Å²) in [4.78, 5) is 11.1. The van der Waals surface area contributed by atoms with Crippen molar-refractivity contribution in [3.05, 3.63) is 28.8 Å². The quantitative estimate of drug-likeness (QED) is 0.582. The normalized spacial score (nSPS) is 10.3. The fourth-order valence-corrected chi connectivity index (χ4v) is 1.66. The Balaban J connectivity index is 2.63. The molecule has 19 heavy (non-hydrogen) atoms. The second-order valence-electron chi connectivity index (χ2n) is 3.75. The van der Waals surface area contributed by atoms with Crippen LogP contribution in [0, 0.1) is 0 Å². The van der Waals surface area contributed by atoms with Gasteiger partial charge in [-0.05, 0) is 12.1 Å². The number of benzene rings is 1. The van der Waals surface area contributed by atoms with Gasteiger partial charge in [0.25, 0.3) is 0 Å². The van der Waals surface area contributed by atoms with E-state index in [0.29, 0.717) is 30.5 Å². The van der Waals surface area contributed by atoms with E-state index in [4.69, 9.17) is 21.1 Å². The van der Waals surface area contributed by atoms with E-state index in [1.807, 2.05) is 0 Å². The van der Waals surface area contributed by atoms with Crippen LogP contribution in [0.3, 0.4) is 0 Å². The van der Waals surface area contributed by atoms with E-state index in [0.717, 1.165) is 5.56 Å². The van der Waals surface area contributed by atoms with Gasteiger partial charge in [0.05, 0.1) is 13.7 Å². The first-order valence-corrected chi connectivity index (χ1v) is 6.23. The lowest BCUT2D eigenvalue weighted by atomic mass is 10.2. The maximum Gasteiger partial charge on any atom is 0.343 e. The zero-order valence-corrected chi connectivity index (χ0v) is 11.8. The van der Waals surface area contributed by atoms with E-state index < -0.39 is 5.97 Å². The van der Waals surface area contributed by atoms with Crippen LogP contribution in [0.25, 0.3) is 0 Å². The molecule has 0 amide bonds. The number of nitrogens with one attached hydrogen (secondary N) is 1. The highest BCUT2D eigenvalue weighted by Crippen LogP contribution is 2.26. The molecule has 0 aliphatic heterocycles. The van der Waals surface area contributed by atoms with Gasteiger partial charge in [0.2, 0.25) is 0 Å². The Morgan fingerprint density at radius 1 is 1.37 bits per heavy atom. The van der Waals surface area contributed by atoms with E-state index in [1.165, 1.54) is 7.11 Å². The Morgan fingerprint density at radius 3 is 2.84 bits per heavy atom. The lowest BCUT2D eigenvalue weighted by Crippen LogP contribution is -2.20. The number of carbonyl (C=O) groups excluding carboxylic acids is 1. The molecule has 0 fully saturated rings. The minimum atomic E-state index is -0.432. The smallest absolute Gasteiger partial charge is 0.343 e. The fraction of sp³-hybridized carbons (Fsp3) is 0.462. The summed E-state index contributed by atoms with van der Waals surface area (Å²) in [5.74, 6) is 0.140. The van der Waals surface area contributed by atoms with Crippen LogP contribution >= 0.6 is 11.6 Å². The third-order valence-electron chi connectivity index (χ3n) is 2.43. The molecule has 106 valence electrons. The molecular formula is C13H18ClNO4. The summed E-state index contributed by atoms with van der Waals surface area (Å²) in [7, 11) is 2.96. The largest absolute Gasteiger partial charge is 0.482 e. The van der Waals surface area contributed by atoms with Crippen molar-refractivity contribution in [2.24, 2.45) is 0 Å². The van der Waals surface area contributed by atoms with Crippen LogP contribution in [0.4, 0.5) is 0 Å². The van der Waals surface area contributed by atoms with Crippen molar-refractivity contribution in [3.8, 4) is 5.75 Å². The Hall–Kier alpha value is -1.30. The highest BCUT2D eigenvalue weighted by Gasteiger charge is 2.10. The van der Waals surface area contributed by atoms with Crippen LogP contribution in [0.15, 0.2) is 18.2 Å². The molecule has 0 spiro atoms. The van der Waals surface area contributed by atoms with Crippen LogP contribution in [0.2, 0.25) is 5.02 Å². The first-order valence-electron chi connectivity index (χ1n) is 5.85. The lowest BCUT2D eigenvalue weighted by molar-refractivity contribution is -0.142. The van der Waals surface area contributed by atoms with Gasteiger partial charge in [0, 0.05) is 30.8 Å². The molecule has 0 saturated heterocycles. The minimum absolute atomic E-state index is 0.137. The number of carbonyl (C=O) groups is 1. The first-order chi connectivity index (χ1) is 9.19. The molecular weight excluding hydrogens is 270 g/mol. The molecule has 1 N–H and O–H groups in total. The zero-order chi connectivity index (χ0) is 14.1. The van der Waals surface area contributed by atoms with Crippen molar-refractivity contribution in [1.82, 2.24) is 5.32 Å². The minimum Gasteiger partial charge on any atom is -0.482 e. The van der Waals surface area contributed by atoms with Gasteiger partial charge in [-0.15, -0.1) is 0 Å². The molecule has 5 nitrogen and oxygen atoms in total. The average Bonchev–Trinajstić information content (AvgIpc) is 2.42. The summed E-state index contributed by atoms with van der Waals surface area (Å²) in [6.45, 7) is 1.72. The Labute approximate surface area is 117 Å². The Morgan fingerprint density at radius 2 is 2.16 bits per heavy atom. The van der Waals surface area contributed by atoms with Gasteiger partial charge in [0.15, 0.2) is 6.61 Å². The number of rotatable bonds is 8. The van der Waals surface area contributed by atoms with Crippen LogP contribution in [0.1, 0.15) is 5.56 Å². The molecule has 0 bridgehead atoms. The number of hydrogen-bond donors (Lipinski definition) is 1. The summed E-state index contributed by atoms with van der Waals surface area (Å²) in [6, 6.07) is 5.32. The second kappa shape index (κ2) is 8.74. The van der Waals surface area contributed by atoms with E-state index in [1.54, 1.807) is 25.3 Å². The maximum absolute atomic E-state index is 11.1. The third-order valence-corrected chi connectivity index (χ3v) is 2.79. The summed E-state index contributed by atoms with van der Waals surface area (Å²) in [5.41, 5.74) is 0.809. The molecule has 1 aromatic carbocycles. The highest BCUT2D eigenvalue weighted by molar-refractivity contribution is 6.31. The molecule has 0 atom stereocenters. The van der Waals surface area contributed by atoms with Crippen LogP contribution in [-0.2, 0) is 20.8 Å². The van der Waals surface area contributed by atoms with Crippen molar-refractivity contribution in [1.29, 1.82) is 0 Å². The molecule has 6 heteroatoms. The van der Waals surface area contributed by atoms with Gasteiger partial charge in [-0.1, -0.05) is 17.7 Å². The number of esters is 1. The van der Waals surface area contributed by atoms with Gasteiger partial charge in [0.1, 0.15) is 5.75 Å². The Bertz CT molecular complexity index is 412. The summed E-state index contributed by atoms with van der Waals surface area (Å²) < 4.78 is 14.9. The number of hydrogen-bond acceptors (Lipinski definition) is 5. The molecule has 0 radical (unpaired) electrons. The number of ether oxygens (including phenoxy) is 3. The van der Waals surface area contributed by atoms with Crippen molar-refractivity contribution >= 4 is 17.6 Å².